The quantitative estimate of drug-likeness (QED) is 0.823. The van der Waals surface area contributed by atoms with Crippen LogP contribution in [0.2, 0.25) is 0 Å². The maximum Gasteiger partial charge on any atom is 0.232 e. The number of carbonyl (C=O) groups excluding carboxylic acids is 1. The Morgan fingerprint density at radius 2 is 2.25 bits per heavy atom. The lowest BCUT2D eigenvalue weighted by atomic mass is 10.3. The highest BCUT2D eigenvalue weighted by Crippen LogP contribution is 2.21. The van der Waals surface area contributed by atoms with Crippen molar-refractivity contribution in [2.24, 2.45) is 0 Å². The lowest BCUT2D eigenvalue weighted by Gasteiger charge is -2.06. The predicted octanol–water partition coefficient (Wildman–Crippen LogP) is 1.27. The molecule has 1 atom stereocenters. The summed E-state index contributed by atoms with van der Waals surface area (Å²) in [5, 5.41) is 2.59. The van der Waals surface area contributed by atoms with Crippen molar-refractivity contribution < 1.29 is 9.00 Å². The number of hydrogen-bond donors (Lipinski definition) is 2. The van der Waals surface area contributed by atoms with E-state index in [0.717, 1.165) is 4.47 Å². The molecule has 1 aromatic carbocycles. The molecular weight excluding hydrogens is 292 g/mol. The Balaban J connectivity index is 2.77. The van der Waals surface area contributed by atoms with Gasteiger partial charge in [0, 0.05) is 16.7 Å². The van der Waals surface area contributed by atoms with Gasteiger partial charge in [-0.05, 0) is 25.1 Å². The van der Waals surface area contributed by atoms with E-state index in [1.165, 1.54) is 0 Å². The summed E-state index contributed by atoms with van der Waals surface area (Å²) in [6.45, 7) is 2.35. The van der Waals surface area contributed by atoms with E-state index >= 15 is 0 Å². The Labute approximate surface area is 105 Å². The summed E-state index contributed by atoms with van der Waals surface area (Å²) >= 11 is 3.26. The van der Waals surface area contributed by atoms with Crippen molar-refractivity contribution in [2.45, 2.75) is 11.8 Å². The van der Waals surface area contributed by atoms with Crippen molar-refractivity contribution in [3.8, 4) is 0 Å². The first-order chi connectivity index (χ1) is 7.54. The molecule has 0 aliphatic rings. The Bertz CT molecular complexity index is 423. The fourth-order valence-electron chi connectivity index (χ4n) is 1.17. The third-order valence-electron chi connectivity index (χ3n) is 1.85. The van der Waals surface area contributed by atoms with Gasteiger partial charge in [0.2, 0.25) is 5.91 Å². The topological polar surface area (TPSA) is 72.2 Å². The number of hydrogen-bond acceptors (Lipinski definition) is 3. The van der Waals surface area contributed by atoms with Crippen molar-refractivity contribution in [1.82, 2.24) is 5.32 Å². The smallest absolute Gasteiger partial charge is 0.232 e. The van der Waals surface area contributed by atoms with Crippen LogP contribution in [-0.4, -0.2) is 22.4 Å². The highest BCUT2D eigenvalue weighted by atomic mass is 79.9. The van der Waals surface area contributed by atoms with Crippen LogP contribution in [0.1, 0.15) is 6.92 Å². The van der Waals surface area contributed by atoms with E-state index in [-0.39, 0.29) is 11.7 Å². The third kappa shape index (κ3) is 3.61. The van der Waals surface area contributed by atoms with Gasteiger partial charge in [-0.15, -0.1) is 0 Å². The summed E-state index contributed by atoms with van der Waals surface area (Å²) in [5.74, 6) is -0.289. The second-order valence-corrected chi connectivity index (χ2v) is 5.46. The second kappa shape index (κ2) is 6.00. The highest BCUT2D eigenvalue weighted by Gasteiger charge is 2.12. The molecule has 1 rings (SSSR count). The summed E-state index contributed by atoms with van der Waals surface area (Å²) in [4.78, 5) is 11.7. The molecule has 16 heavy (non-hydrogen) atoms. The molecule has 0 saturated heterocycles. The van der Waals surface area contributed by atoms with E-state index in [2.05, 4.69) is 21.2 Å². The van der Waals surface area contributed by atoms with Crippen molar-refractivity contribution >= 4 is 38.3 Å². The van der Waals surface area contributed by atoms with E-state index in [4.69, 9.17) is 5.73 Å². The van der Waals surface area contributed by atoms with Gasteiger partial charge >= 0.3 is 0 Å². The van der Waals surface area contributed by atoms with Crippen LogP contribution in [0.5, 0.6) is 0 Å². The van der Waals surface area contributed by atoms with Gasteiger partial charge in [-0.1, -0.05) is 15.9 Å². The van der Waals surface area contributed by atoms with Gasteiger partial charge in [-0.2, -0.15) is 0 Å². The van der Waals surface area contributed by atoms with Crippen LogP contribution in [0.15, 0.2) is 27.6 Å². The first-order valence-electron chi connectivity index (χ1n) is 4.74. The largest absolute Gasteiger partial charge is 0.398 e. The average molecular weight is 305 g/mol. The van der Waals surface area contributed by atoms with Crippen LogP contribution in [0.25, 0.3) is 0 Å². The SMILES string of the molecule is CCNC(=O)CS(=O)c1ccc(Br)cc1N. The molecule has 1 unspecified atom stereocenters. The molecule has 88 valence electrons. The summed E-state index contributed by atoms with van der Waals surface area (Å²) in [6.07, 6.45) is 0. The maximum atomic E-state index is 11.8. The van der Waals surface area contributed by atoms with Crippen molar-refractivity contribution in [3.63, 3.8) is 0 Å². The van der Waals surface area contributed by atoms with Crippen LogP contribution in [0.3, 0.4) is 0 Å². The first kappa shape index (κ1) is 13.2. The third-order valence-corrected chi connectivity index (χ3v) is 3.73. The monoisotopic (exact) mass is 304 g/mol. The minimum absolute atomic E-state index is 0.0559. The van der Waals surface area contributed by atoms with Gasteiger partial charge in [0.05, 0.1) is 15.7 Å². The Morgan fingerprint density at radius 3 is 2.81 bits per heavy atom. The molecule has 0 aliphatic heterocycles. The number of benzene rings is 1. The molecule has 0 aromatic heterocycles. The standard InChI is InChI=1S/C10H13BrN2O2S/c1-2-13-10(14)6-16(15)9-4-3-7(11)5-8(9)12/h3-5H,2,6,12H2,1H3,(H,13,14). The van der Waals surface area contributed by atoms with E-state index in [9.17, 15) is 9.00 Å². The Kier molecular flexibility index (Phi) is 4.95. The van der Waals surface area contributed by atoms with Crippen LogP contribution in [-0.2, 0) is 15.6 Å². The zero-order valence-corrected chi connectivity index (χ0v) is 11.2. The summed E-state index contributed by atoms with van der Waals surface area (Å²) in [6, 6.07) is 5.08. The molecule has 6 heteroatoms. The molecule has 0 spiro atoms. The van der Waals surface area contributed by atoms with Gasteiger partial charge < -0.3 is 11.1 Å². The zero-order valence-electron chi connectivity index (χ0n) is 8.83. The van der Waals surface area contributed by atoms with E-state index in [0.29, 0.717) is 17.1 Å². The minimum atomic E-state index is -1.39. The zero-order chi connectivity index (χ0) is 12.1. The Hall–Kier alpha value is -0.880. The molecule has 4 nitrogen and oxygen atoms in total. The molecule has 1 amide bonds. The number of rotatable bonds is 4. The number of nitrogens with one attached hydrogen (secondary N) is 1. The van der Waals surface area contributed by atoms with Gasteiger partial charge in [0.25, 0.3) is 0 Å². The molecule has 3 N–H and O–H groups in total. The molecular formula is C10H13BrN2O2S. The molecule has 0 radical (unpaired) electrons. The normalized spacial score (nSPS) is 12.1. The summed E-state index contributed by atoms with van der Waals surface area (Å²) < 4.78 is 12.6. The average Bonchev–Trinajstić information content (AvgIpc) is 2.17. The van der Waals surface area contributed by atoms with Gasteiger partial charge in [0.15, 0.2) is 0 Å². The van der Waals surface area contributed by atoms with E-state index in [1.54, 1.807) is 18.2 Å². The Morgan fingerprint density at radius 1 is 1.56 bits per heavy atom. The minimum Gasteiger partial charge on any atom is -0.398 e. The van der Waals surface area contributed by atoms with Gasteiger partial charge in [0.1, 0.15) is 5.75 Å². The van der Waals surface area contributed by atoms with Crippen molar-refractivity contribution in [1.29, 1.82) is 0 Å². The van der Waals surface area contributed by atoms with Gasteiger partial charge in [-0.3, -0.25) is 9.00 Å². The van der Waals surface area contributed by atoms with Crippen LogP contribution < -0.4 is 11.1 Å². The van der Waals surface area contributed by atoms with Crippen LogP contribution in [0, 0.1) is 0 Å². The van der Waals surface area contributed by atoms with Crippen LogP contribution >= 0.6 is 15.9 Å². The second-order valence-electron chi connectivity index (χ2n) is 3.13. The number of halogens is 1. The summed E-state index contributed by atoms with van der Waals surface area (Å²) in [5.41, 5.74) is 6.14. The fraction of sp³-hybridized carbons (Fsp3) is 0.300. The predicted molar refractivity (Wildman–Crippen MR) is 68.5 cm³/mol. The summed E-state index contributed by atoms with van der Waals surface area (Å²) in [7, 11) is -1.39. The number of carbonyl (C=O) groups is 1. The molecule has 0 bridgehead atoms. The maximum absolute atomic E-state index is 11.8. The molecule has 1 aromatic rings. The number of amides is 1. The molecule has 0 heterocycles. The first-order valence-corrected chi connectivity index (χ1v) is 6.86. The van der Waals surface area contributed by atoms with E-state index < -0.39 is 10.8 Å². The van der Waals surface area contributed by atoms with Gasteiger partial charge in [-0.25, -0.2) is 0 Å². The number of nitrogens with two attached hydrogens (primary N) is 1. The lowest BCUT2D eigenvalue weighted by Crippen LogP contribution is -2.28. The van der Waals surface area contributed by atoms with Crippen molar-refractivity contribution in [3.05, 3.63) is 22.7 Å². The van der Waals surface area contributed by atoms with Crippen molar-refractivity contribution in [2.75, 3.05) is 18.0 Å². The van der Waals surface area contributed by atoms with Crippen LogP contribution in [0.4, 0.5) is 5.69 Å². The molecule has 0 fully saturated rings. The van der Waals surface area contributed by atoms with E-state index in [1.807, 2.05) is 6.92 Å². The fourth-order valence-corrected chi connectivity index (χ4v) is 2.59. The highest BCUT2D eigenvalue weighted by molar-refractivity contribution is 9.10. The number of nitrogen functional groups attached to an aromatic ring is 1. The number of anilines is 1. The molecule has 0 saturated carbocycles. The lowest BCUT2D eigenvalue weighted by molar-refractivity contribution is -0.118. The molecule has 0 aliphatic carbocycles.